The molecule has 0 aliphatic heterocycles. The number of fused-ring (bicyclic) bond motifs is 4. The highest BCUT2D eigenvalue weighted by Crippen LogP contribution is 2.35. The van der Waals surface area contributed by atoms with Gasteiger partial charge in [0.1, 0.15) is 22.0 Å². The molecule has 6 nitrogen and oxygen atoms in total. The maximum Gasteiger partial charge on any atom is 0.259 e. The van der Waals surface area contributed by atoms with Crippen molar-refractivity contribution in [2.75, 3.05) is 7.05 Å². The van der Waals surface area contributed by atoms with E-state index in [1.807, 2.05) is 37.3 Å². The smallest absolute Gasteiger partial charge is 0.259 e. The van der Waals surface area contributed by atoms with Gasteiger partial charge in [0.25, 0.3) is 5.56 Å². The Morgan fingerprint density at radius 3 is 3.00 bits per heavy atom. The second-order valence-corrected chi connectivity index (χ2v) is 10.00. The molecule has 2 unspecified atom stereocenters. The van der Waals surface area contributed by atoms with E-state index in [4.69, 9.17) is 9.40 Å². The molecule has 0 bridgehead atoms. The van der Waals surface area contributed by atoms with Gasteiger partial charge in [-0.05, 0) is 49.8 Å². The third-order valence-electron chi connectivity index (χ3n) is 6.62. The molecule has 1 aliphatic rings. The molecule has 0 radical (unpaired) electrons. The van der Waals surface area contributed by atoms with Crippen LogP contribution >= 0.6 is 11.3 Å². The van der Waals surface area contributed by atoms with Crippen molar-refractivity contribution >= 4 is 38.4 Å². The first kappa shape index (κ1) is 20.9. The van der Waals surface area contributed by atoms with Crippen molar-refractivity contribution in [3.05, 3.63) is 62.7 Å². The number of hydrogen-bond acceptors (Lipinski definition) is 5. The van der Waals surface area contributed by atoms with Crippen molar-refractivity contribution in [1.82, 2.24) is 14.9 Å². The first-order valence-electron chi connectivity index (χ1n) is 11.2. The van der Waals surface area contributed by atoms with E-state index in [2.05, 4.69) is 11.9 Å². The lowest BCUT2D eigenvalue weighted by Crippen LogP contribution is -2.30. The fraction of sp³-hybridized carbons (Fsp3) is 0.400. The van der Waals surface area contributed by atoms with Gasteiger partial charge in [-0.3, -0.25) is 9.59 Å². The highest BCUT2D eigenvalue weighted by atomic mass is 32.1. The van der Waals surface area contributed by atoms with Crippen molar-refractivity contribution in [1.29, 1.82) is 0 Å². The number of carbonyl (C=O) groups excluding carboxylic acids is 1. The van der Waals surface area contributed by atoms with Crippen LogP contribution in [0, 0.1) is 5.92 Å². The predicted octanol–water partition coefficient (Wildman–Crippen LogP) is 5.01. The number of aromatic nitrogens is 2. The number of thiophene rings is 1. The number of carbonyl (C=O) groups is 1. The SMILES string of the molecule is CC1CCc2c(sc3nc(CCC(=O)N(C)C(C)c4cc5ccccc5o4)[nH]c(=O)c23)C1. The fourth-order valence-electron chi connectivity index (χ4n) is 4.53. The first-order chi connectivity index (χ1) is 15.4. The van der Waals surface area contributed by atoms with Crippen LogP contribution in [0.3, 0.4) is 0 Å². The molecular weight excluding hydrogens is 422 g/mol. The summed E-state index contributed by atoms with van der Waals surface area (Å²) >= 11 is 1.64. The van der Waals surface area contributed by atoms with E-state index >= 15 is 0 Å². The van der Waals surface area contributed by atoms with Crippen molar-refractivity contribution in [2.24, 2.45) is 5.92 Å². The molecule has 3 heterocycles. The topological polar surface area (TPSA) is 79.2 Å². The van der Waals surface area contributed by atoms with Crippen LogP contribution in [0.5, 0.6) is 0 Å². The quantitative estimate of drug-likeness (QED) is 0.465. The Hall–Kier alpha value is -2.93. The van der Waals surface area contributed by atoms with Crippen LogP contribution in [0.15, 0.2) is 39.5 Å². The van der Waals surface area contributed by atoms with Crippen molar-refractivity contribution < 1.29 is 9.21 Å². The summed E-state index contributed by atoms with van der Waals surface area (Å²) in [5.41, 5.74) is 1.92. The van der Waals surface area contributed by atoms with Gasteiger partial charge in [0, 0.05) is 30.2 Å². The van der Waals surface area contributed by atoms with Crippen LogP contribution < -0.4 is 5.56 Å². The zero-order valence-corrected chi connectivity index (χ0v) is 19.4. The average Bonchev–Trinajstić information content (AvgIpc) is 3.37. The zero-order valence-electron chi connectivity index (χ0n) is 18.6. The highest BCUT2D eigenvalue weighted by Gasteiger charge is 2.24. The molecule has 3 aromatic heterocycles. The number of H-pyrrole nitrogens is 1. The van der Waals surface area contributed by atoms with E-state index in [9.17, 15) is 9.59 Å². The molecule has 4 aromatic rings. The molecule has 5 rings (SSSR count). The molecule has 2 atom stereocenters. The van der Waals surface area contributed by atoms with Gasteiger partial charge in [-0.15, -0.1) is 11.3 Å². The Kier molecular flexibility index (Phi) is 5.37. The summed E-state index contributed by atoms with van der Waals surface area (Å²) in [5, 5.41) is 1.78. The molecule has 0 fully saturated rings. The minimum Gasteiger partial charge on any atom is -0.459 e. The van der Waals surface area contributed by atoms with Gasteiger partial charge >= 0.3 is 0 Å². The molecule has 1 aromatic carbocycles. The van der Waals surface area contributed by atoms with Crippen LogP contribution in [0.1, 0.15) is 54.8 Å². The molecule has 1 amide bonds. The van der Waals surface area contributed by atoms with E-state index in [1.165, 1.54) is 10.4 Å². The van der Waals surface area contributed by atoms with Crippen LogP contribution in [0.25, 0.3) is 21.2 Å². The minimum absolute atomic E-state index is 0.0139. The lowest BCUT2D eigenvalue weighted by molar-refractivity contribution is -0.132. The molecule has 0 spiro atoms. The van der Waals surface area contributed by atoms with Crippen molar-refractivity contribution in [3.63, 3.8) is 0 Å². The van der Waals surface area contributed by atoms with Gasteiger partial charge < -0.3 is 14.3 Å². The number of benzene rings is 1. The average molecular weight is 450 g/mol. The molecular formula is C25H27N3O3S. The summed E-state index contributed by atoms with van der Waals surface area (Å²) in [5.74, 6) is 1.97. The molecule has 1 N–H and O–H groups in total. The minimum atomic E-state index is -0.185. The van der Waals surface area contributed by atoms with Gasteiger partial charge in [0.15, 0.2) is 0 Å². The van der Waals surface area contributed by atoms with Gasteiger partial charge in [0.2, 0.25) is 5.91 Å². The lowest BCUT2D eigenvalue weighted by Gasteiger charge is -2.23. The van der Waals surface area contributed by atoms with Crippen molar-refractivity contribution in [2.45, 2.75) is 52.0 Å². The Morgan fingerprint density at radius 1 is 1.38 bits per heavy atom. The van der Waals surface area contributed by atoms with E-state index in [0.717, 1.165) is 46.2 Å². The fourth-order valence-corrected chi connectivity index (χ4v) is 5.93. The van der Waals surface area contributed by atoms with Crippen LogP contribution in [0.4, 0.5) is 0 Å². The molecule has 32 heavy (non-hydrogen) atoms. The Labute approximate surface area is 190 Å². The summed E-state index contributed by atoms with van der Waals surface area (Å²) in [6, 6.07) is 9.62. The standard InChI is InChI=1S/C25H27N3O3S/c1-14-8-9-17-20(12-14)32-25-23(17)24(30)26-21(27-25)10-11-22(29)28(3)15(2)19-13-16-6-4-5-7-18(16)31-19/h4-7,13-15H,8-12H2,1-3H3,(H,26,27,30). The normalized spacial score (nSPS) is 16.9. The Balaban J connectivity index is 1.30. The number of aryl methyl sites for hydroxylation is 2. The maximum atomic E-state index is 12.9. The number of hydrogen-bond donors (Lipinski definition) is 1. The van der Waals surface area contributed by atoms with Gasteiger partial charge in [-0.2, -0.15) is 0 Å². The molecule has 166 valence electrons. The summed E-state index contributed by atoms with van der Waals surface area (Å²) in [6.07, 6.45) is 3.76. The second-order valence-electron chi connectivity index (χ2n) is 8.91. The number of furan rings is 1. The van der Waals surface area contributed by atoms with Crippen molar-refractivity contribution in [3.8, 4) is 0 Å². The van der Waals surface area contributed by atoms with Gasteiger partial charge in [-0.1, -0.05) is 25.1 Å². The maximum absolute atomic E-state index is 12.9. The molecule has 7 heteroatoms. The van der Waals surface area contributed by atoms with E-state index in [-0.39, 0.29) is 23.9 Å². The Morgan fingerprint density at radius 2 is 2.19 bits per heavy atom. The third-order valence-corrected chi connectivity index (χ3v) is 7.77. The number of aromatic amines is 1. The monoisotopic (exact) mass is 449 g/mol. The first-order valence-corrected chi connectivity index (χ1v) is 12.0. The lowest BCUT2D eigenvalue weighted by atomic mass is 9.89. The number of rotatable bonds is 5. The van der Waals surface area contributed by atoms with E-state index in [1.54, 1.807) is 23.3 Å². The highest BCUT2D eigenvalue weighted by molar-refractivity contribution is 7.18. The number of amides is 1. The number of nitrogens with zero attached hydrogens (tertiary/aromatic N) is 2. The van der Waals surface area contributed by atoms with Gasteiger partial charge in [0.05, 0.1) is 11.4 Å². The van der Waals surface area contributed by atoms with Gasteiger partial charge in [-0.25, -0.2) is 4.98 Å². The summed E-state index contributed by atoms with van der Waals surface area (Å²) < 4.78 is 5.92. The van der Waals surface area contributed by atoms with E-state index in [0.29, 0.717) is 18.2 Å². The molecule has 1 aliphatic carbocycles. The van der Waals surface area contributed by atoms with E-state index < -0.39 is 0 Å². The summed E-state index contributed by atoms with van der Waals surface area (Å²) in [4.78, 5) is 37.1. The van der Waals surface area contributed by atoms with Crippen LogP contribution in [0.2, 0.25) is 0 Å². The number of para-hydroxylation sites is 1. The van der Waals surface area contributed by atoms with Crippen LogP contribution in [-0.4, -0.2) is 27.8 Å². The zero-order chi connectivity index (χ0) is 22.4. The Bertz CT molecular complexity index is 1330. The van der Waals surface area contributed by atoms with Crippen LogP contribution in [-0.2, 0) is 24.1 Å². The largest absolute Gasteiger partial charge is 0.459 e. The third kappa shape index (κ3) is 3.75. The summed E-state index contributed by atoms with van der Waals surface area (Å²) in [6.45, 7) is 4.21. The number of nitrogens with one attached hydrogen (secondary N) is 1. The second kappa shape index (κ2) is 8.20. The summed E-state index contributed by atoms with van der Waals surface area (Å²) in [7, 11) is 1.79. The molecule has 0 saturated heterocycles. The predicted molar refractivity (Wildman–Crippen MR) is 127 cm³/mol. The molecule has 0 saturated carbocycles.